The first-order valence-electron chi connectivity index (χ1n) is 8.67. The zero-order chi connectivity index (χ0) is 18.9. The maximum Gasteiger partial charge on any atom is 0.193 e. The lowest BCUT2D eigenvalue weighted by Gasteiger charge is -2.11. The number of carbonyl (C=O) groups is 1. The van der Waals surface area contributed by atoms with Crippen molar-refractivity contribution in [3.05, 3.63) is 114 Å². The molecular formula is C24H20O3. The molecule has 27 heavy (non-hydrogen) atoms. The molecule has 0 atom stereocenters. The van der Waals surface area contributed by atoms with E-state index < -0.39 is 0 Å². The van der Waals surface area contributed by atoms with Crippen LogP contribution in [-0.2, 0) is 6.61 Å². The molecule has 3 aromatic rings. The van der Waals surface area contributed by atoms with Crippen molar-refractivity contribution in [2.24, 2.45) is 0 Å². The van der Waals surface area contributed by atoms with E-state index in [0.29, 0.717) is 12.4 Å². The average Bonchev–Trinajstić information content (AvgIpc) is 2.71. The summed E-state index contributed by atoms with van der Waals surface area (Å²) in [7, 11) is 0. The van der Waals surface area contributed by atoms with Gasteiger partial charge >= 0.3 is 0 Å². The van der Waals surface area contributed by atoms with E-state index in [1.165, 1.54) is 12.1 Å². The molecule has 0 spiro atoms. The molecule has 0 saturated carbocycles. The van der Waals surface area contributed by atoms with E-state index in [1.807, 2.05) is 66.7 Å². The van der Waals surface area contributed by atoms with Crippen LogP contribution in [0, 0.1) is 0 Å². The van der Waals surface area contributed by atoms with Crippen LogP contribution >= 0.6 is 0 Å². The summed E-state index contributed by atoms with van der Waals surface area (Å²) in [6, 6.07) is 24.3. The minimum absolute atomic E-state index is 0.0951. The number of hydrogen-bond donors (Lipinski definition) is 1. The SMILES string of the molecule is O=C(/C=C/C=C/c1ccccc1)c1c(O)cccc1OCc1ccccc1. The van der Waals surface area contributed by atoms with Gasteiger partial charge in [-0.2, -0.15) is 0 Å². The van der Waals surface area contributed by atoms with Crippen LogP contribution in [0.25, 0.3) is 6.08 Å². The molecule has 3 nitrogen and oxygen atoms in total. The van der Waals surface area contributed by atoms with Crippen LogP contribution in [-0.4, -0.2) is 10.9 Å². The van der Waals surface area contributed by atoms with Crippen molar-refractivity contribution in [3.63, 3.8) is 0 Å². The van der Waals surface area contributed by atoms with Gasteiger partial charge in [0.05, 0.1) is 0 Å². The van der Waals surface area contributed by atoms with E-state index >= 15 is 0 Å². The lowest BCUT2D eigenvalue weighted by Crippen LogP contribution is -2.02. The van der Waals surface area contributed by atoms with Gasteiger partial charge in [-0.05, 0) is 29.3 Å². The van der Waals surface area contributed by atoms with Crippen molar-refractivity contribution < 1.29 is 14.6 Å². The molecule has 3 aromatic carbocycles. The lowest BCUT2D eigenvalue weighted by atomic mass is 10.1. The predicted molar refractivity (Wildman–Crippen MR) is 108 cm³/mol. The molecule has 0 saturated heterocycles. The summed E-state index contributed by atoms with van der Waals surface area (Å²) in [4.78, 5) is 12.5. The van der Waals surface area contributed by atoms with E-state index in [9.17, 15) is 9.90 Å². The molecule has 1 N–H and O–H groups in total. The zero-order valence-electron chi connectivity index (χ0n) is 14.8. The van der Waals surface area contributed by atoms with Crippen molar-refractivity contribution in [1.29, 1.82) is 0 Å². The molecule has 0 heterocycles. The van der Waals surface area contributed by atoms with Gasteiger partial charge in [0.2, 0.25) is 0 Å². The Morgan fingerprint density at radius 1 is 0.852 bits per heavy atom. The van der Waals surface area contributed by atoms with Crippen LogP contribution in [0.1, 0.15) is 21.5 Å². The van der Waals surface area contributed by atoms with Gasteiger partial charge in [0.25, 0.3) is 0 Å². The fourth-order valence-electron chi connectivity index (χ4n) is 2.58. The highest BCUT2D eigenvalue weighted by Crippen LogP contribution is 2.29. The van der Waals surface area contributed by atoms with Gasteiger partial charge in [-0.15, -0.1) is 0 Å². The van der Waals surface area contributed by atoms with Crippen molar-refractivity contribution in [1.82, 2.24) is 0 Å². The number of allylic oxidation sites excluding steroid dienone is 3. The first kappa shape index (κ1) is 18.2. The average molecular weight is 356 g/mol. The molecule has 0 aromatic heterocycles. The Hall–Kier alpha value is -3.59. The fraction of sp³-hybridized carbons (Fsp3) is 0.0417. The third-order valence-electron chi connectivity index (χ3n) is 3.93. The topological polar surface area (TPSA) is 46.5 Å². The summed E-state index contributed by atoms with van der Waals surface area (Å²) < 4.78 is 5.77. The summed E-state index contributed by atoms with van der Waals surface area (Å²) in [6.07, 6.45) is 6.77. The normalized spacial score (nSPS) is 11.1. The van der Waals surface area contributed by atoms with Gasteiger partial charge in [0, 0.05) is 0 Å². The molecular weight excluding hydrogens is 336 g/mol. The second-order valence-electron chi connectivity index (χ2n) is 5.92. The molecule has 0 aliphatic heterocycles. The number of carbonyl (C=O) groups excluding carboxylic acids is 1. The zero-order valence-corrected chi connectivity index (χ0v) is 14.8. The quantitative estimate of drug-likeness (QED) is 0.349. The van der Waals surface area contributed by atoms with E-state index in [4.69, 9.17) is 4.74 Å². The first-order chi connectivity index (χ1) is 13.2. The highest BCUT2D eigenvalue weighted by atomic mass is 16.5. The van der Waals surface area contributed by atoms with Crippen LogP contribution in [0.4, 0.5) is 0 Å². The number of ether oxygens (including phenoxy) is 1. The number of hydrogen-bond acceptors (Lipinski definition) is 3. The molecule has 0 aliphatic rings. The van der Waals surface area contributed by atoms with Gasteiger partial charge in [-0.3, -0.25) is 4.79 Å². The molecule has 0 amide bonds. The highest BCUT2D eigenvalue weighted by Gasteiger charge is 2.15. The maximum atomic E-state index is 12.5. The van der Waals surface area contributed by atoms with Gasteiger partial charge in [0.15, 0.2) is 5.78 Å². The van der Waals surface area contributed by atoms with Crippen LogP contribution in [0.15, 0.2) is 97.1 Å². The van der Waals surface area contributed by atoms with Crippen molar-refractivity contribution >= 4 is 11.9 Å². The fourth-order valence-corrected chi connectivity index (χ4v) is 2.58. The van der Waals surface area contributed by atoms with Gasteiger partial charge < -0.3 is 9.84 Å². The number of benzene rings is 3. The molecule has 0 unspecified atom stereocenters. The molecule has 0 radical (unpaired) electrons. The predicted octanol–water partition coefficient (Wildman–Crippen LogP) is 5.42. The Morgan fingerprint density at radius 2 is 1.56 bits per heavy atom. The Balaban J connectivity index is 1.72. The van der Waals surface area contributed by atoms with Crippen molar-refractivity contribution in [2.75, 3.05) is 0 Å². The number of phenolic OH excluding ortho intramolecular Hbond substituents is 1. The lowest BCUT2D eigenvalue weighted by molar-refractivity contribution is 0.104. The number of aromatic hydroxyl groups is 1. The second kappa shape index (κ2) is 9.20. The van der Waals surface area contributed by atoms with Gasteiger partial charge in [-0.25, -0.2) is 0 Å². The minimum Gasteiger partial charge on any atom is -0.507 e. The molecule has 0 fully saturated rings. The van der Waals surface area contributed by atoms with Crippen LogP contribution < -0.4 is 4.74 Å². The van der Waals surface area contributed by atoms with Gasteiger partial charge in [-0.1, -0.05) is 85.0 Å². The van der Waals surface area contributed by atoms with Gasteiger partial charge in [0.1, 0.15) is 23.7 Å². The summed E-state index contributed by atoms with van der Waals surface area (Å²) in [5.41, 5.74) is 2.20. The first-order valence-corrected chi connectivity index (χ1v) is 8.67. The Kier molecular flexibility index (Phi) is 6.21. The Bertz CT molecular complexity index is 942. The number of phenols is 1. The summed E-state index contributed by atoms with van der Waals surface area (Å²) >= 11 is 0. The van der Waals surface area contributed by atoms with Crippen LogP contribution in [0.2, 0.25) is 0 Å². The molecule has 3 heteroatoms. The standard InChI is InChI=1S/C24H20O3/c25-21(15-8-7-12-19-10-3-1-4-11-19)24-22(26)16-9-17-23(24)27-18-20-13-5-2-6-14-20/h1-17,26H,18H2/b12-7+,15-8+. The van der Waals surface area contributed by atoms with Crippen molar-refractivity contribution in [3.8, 4) is 11.5 Å². The monoisotopic (exact) mass is 356 g/mol. The highest BCUT2D eigenvalue weighted by molar-refractivity contribution is 6.08. The van der Waals surface area contributed by atoms with E-state index in [-0.39, 0.29) is 17.1 Å². The van der Waals surface area contributed by atoms with Crippen molar-refractivity contribution in [2.45, 2.75) is 6.61 Å². The summed E-state index contributed by atoms with van der Waals surface area (Å²) in [5, 5.41) is 10.1. The second-order valence-corrected chi connectivity index (χ2v) is 5.92. The molecule has 0 bridgehead atoms. The van der Waals surface area contributed by atoms with Crippen LogP contribution in [0.3, 0.4) is 0 Å². The Labute approximate surface area is 158 Å². The van der Waals surface area contributed by atoms with E-state index in [2.05, 4.69) is 0 Å². The van der Waals surface area contributed by atoms with E-state index in [1.54, 1.807) is 24.3 Å². The molecule has 3 rings (SSSR count). The molecule has 0 aliphatic carbocycles. The number of ketones is 1. The maximum absolute atomic E-state index is 12.5. The summed E-state index contributed by atoms with van der Waals surface area (Å²) in [5.74, 6) is -0.0448. The third kappa shape index (κ3) is 5.19. The number of rotatable bonds is 7. The largest absolute Gasteiger partial charge is 0.507 e. The third-order valence-corrected chi connectivity index (χ3v) is 3.93. The van der Waals surface area contributed by atoms with Crippen LogP contribution in [0.5, 0.6) is 11.5 Å². The van der Waals surface area contributed by atoms with E-state index in [0.717, 1.165) is 11.1 Å². The minimum atomic E-state index is -0.311. The molecule has 134 valence electrons. The summed E-state index contributed by atoms with van der Waals surface area (Å²) in [6.45, 7) is 0.322. The smallest absolute Gasteiger partial charge is 0.193 e. The Morgan fingerprint density at radius 3 is 2.30 bits per heavy atom.